The summed E-state index contributed by atoms with van der Waals surface area (Å²) >= 11 is 1.67. The van der Waals surface area contributed by atoms with E-state index in [9.17, 15) is 19.5 Å². The number of hydrogen-bond donors (Lipinski definition) is 1. The van der Waals surface area contributed by atoms with Gasteiger partial charge in [0, 0.05) is 30.6 Å². The third-order valence-corrected chi connectivity index (χ3v) is 11.0. The fraction of sp³-hybridized carbons (Fsp3) is 0.594. The van der Waals surface area contributed by atoms with Gasteiger partial charge < -0.3 is 19.8 Å². The van der Waals surface area contributed by atoms with Crippen LogP contribution in [0.2, 0.25) is 0 Å². The summed E-state index contributed by atoms with van der Waals surface area (Å²) in [6, 6.07) is 4.64. The molecule has 3 aliphatic heterocycles. The molecule has 1 aromatic rings. The Balaban J connectivity index is 1.85. The van der Waals surface area contributed by atoms with Crippen LogP contribution in [0.3, 0.4) is 0 Å². The van der Waals surface area contributed by atoms with E-state index in [0.29, 0.717) is 26.1 Å². The van der Waals surface area contributed by atoms with Gasteiger partial charge in [0.15, 0.2) is 0 Å². The predicted molar refractivity (Wildman–Crippen MR) is 162 cm³/mol. The van der Waals surface area contributed by atoms with Gasteiger partial charge in [0.2, 0.25) is 11.8 Å². The summed E-state index contributed by atoms with van der Waals surface area (Å²) < 4.78 is -0.719. The first-order valence-electron chi connectivity index (χ1n) is 14.6. The number of rotatable bonds is 12. The number of carbonyl (C=O) groups is 3. The maximum Gasteiger partial charge on any atom is 0.251 e. The van der Waals surface area contributed by atoms with Gasteiger partial charge in [0.1, 0.15) is 6.04 Å². The zero-order chi connectivity index (χ0) is 29.4. The molecule has 0 aromatic heterocycles. The van der Waals surface area contributed by atoms with Gasteiger partial charge in [-0.15, -0.1) is 24.9 Å². The van der Waals surface area contributed by atoms with Gasteiger partial charge in [0.05, 0.1) is 29.2 Å². The van der Waals surface area contributed by atoms with Crippen molar-refractivity contribution in [3.05, 3.63) is 54.6 Å². The first-order valence-corrected chi connectivity index (χ1v) is 15.5. The van der Waals surface area contributed by atoms with Gasteiger partial charge in [-0.2, -0.15) is 0 Å². The van der Waals surface area contributed by atoms with Crippen molar-refractivity contribution in [2.24, 2.45) is 17.8 Å². The molecule has 7 nitrogen and oxygen atoms in total. The summed E-state index contributed by atoms with van der Waals surface area (Å²) in [5, 5.41) is 10.5. The van der Waals surface area contributed by atoms with Crippen LogP contribution >= 0.6 is 11.8 Å². The molecule has 0 radical (unpaired) electrons. The maximum absolute atomic E-state index is 14.9. The number of carbonyl (C=O) groups excluding carboxylic acids is 3. The van der Waals surface area contributed by atoms with Gasteiger partial charge in [-0.1, -0.05) is 51.1 Å². The Kier molecular flexibility index (Phi) is 9.20. The van der Waals surface area contributed by atoms with Crippen molar-refractivity contribution < 1.29 is 19.5 Å². The summed E-state index contributed by atoms with van der Waals surface area (Å²) in [5.74, 6) is -1.51. The van der Waals surface area contributed by atoms with Crippen molar-refractivity contribution in [2.75, 3.05) is 31.1 Å². The second-order valence-corrected chi connectivity index (χ2v) is 13.4. The van der Waals surface area contributed by atoms with Crippen LogP contribution in [0.25, 0.3) is 0 Å². The SMILES string of the molecule is C=CCN(CCC)C(=O)[C@@H]1[C@@H]2CCC3(S2)C(C(=O)N(CC=C)c2c(C)cccc2C)N([C@@H](CO)C(C)C)C(=O)[C@H]13. The first-order chi connectivity index (χ1) is 19.1. The number of aliphatic hydroxyl groups excluding tert-OH is 1. The highest BCUT2D eigenvalue weighted by Crippen LogP contribution is 2.67. The monoisotopic (exact) mass is 567 g/mol. The molecule has 218 valence electrons. The van der Waals surface area contributed by atoms with Crippen LogP contribution < -0.4 is 4.90 Å². The van der Waals surface area contributed by atoms with E-state index in [-0.39, 0.29) is 35.5 Å². The number of fused-ring (bicyclic) bond motifs is 1. The fourth-order valence-corrected chi connectivity index (χ4v) is 9.55. The normalized spacial score (nSPS) is 27.6. The molecule has 0 aliphatic carbocycles. The number of para-hydroxylation sites is 1. The van der Waals surface area contributed by atoms with Crippen LogP contribution in [0.5, 0.6) is 0 Å². The number of aliphatic hydroxyl groups is 1. The Morgan fingerprint density at radius 3 is 2.38 bits per heavy atom. The molecular formula is C32H45N3O4S. The first kappa shape index (κ1) is 30.4. The molecule has 0 saturated carbocycles. The van der Waals surface area contributed by atoms with E-state index in [1.54, 1.807) is 33.7 Å². The van der Waals surface area contributed by atoms with Crippen molar-refractivity contribution >= 4 is 35.2 Å². The number of anilines is 1. The highest BCUT2D eigenvalue weighted by atomic mass is 32.2. The summed E-state index contributed by atoms with van der Waals surface area (Å²) in [5.41, 5.74) is 2.77. The van der Waals surface area contributed by atoms with Gasteiger partial charge in [-0.3, -0.25) is 14.4 Å². The lowest BCUT2D eigenvalue weighted by Gasteiger charge is -2.41. The highest BCUT2D eigenvalue weighted by Gasteiger charge is 2.74. The molecule has 1 aromatic carbocycles. The van der Waals surface area contributed by atoms with Crippen molar-refractivity contribution in [3.63, 3.8) is 0 Å². The molecular weight excluding hydrogens is 522 g/mol. The molecule has 1 N–H and O–H groups in total. The molecule has 2 unspecified atom stereocenters. The molecule has 3 saturated heterocycles. The number of benzene rings is 1. The minimum atomic E-state index is -0.782. The number of nitrogens with zero attached hydrogens (tertiary/aromatic N) is 3. The Labute approximate surface area is 243 Å². The zero-order valence-electron chi connectivity index (χ0n) is 24.6. The van der Waals surface area contributed by atoms with Crippen LogP contribution in [0.15, 0.2) is 43.5 Å². The van der Waals surface area contributed by atoms with E-state index in [2.05, 4.69) is 13.2 Å². The van der Waals surface area contributed by atoms with Crippen molar-refractivity contribution in [2.45, 2.75) is 76.0 Å². The van der Waals surface area contributed by atoms with Crippen LogP contribution in [0.4, 0.5) is 5.69 Å². The average molecular weight is 568 g/mol. The molecule has 4 rings (SSSR count). The van der Waals surface area contributed by atoms with Gasteiger partial charge >= 0.3 is 0 Å². The Morgan fingerprint density at radius 1 is 1.18 bits per heavy atom. The van der Waals surface area contributed by atoms with E-state index >= 15 is 0 Å². The molecule has 3 heterocycles. The molecule has 8 heteroatoms. The van der Waals surface area contributed by atoms with Gasteiger partial charge in [-0.05, 0) is 50.2 Å². The van der Waals surface area contributed by atoms with Crippen LogP contribution in [-0.2, 0) is 14.4 Å². The van der Waals surface area contributed by atoms with Crippen LogP contribution in [0, 0.1) is 31.6 Å². The second-order valence-electron chi connectivity index (χ2n) is 11.8. The van der Waals surface area contributed by atoms with E-state index in [0.717, 1.165) is 29.7 Å². The quantitative estimate of drug-likeness (QED) is 0.380. The smallest absolute Gasteiger partial charge is 0.251 e. The van der Waals surface area contributed by atoms with E-state index in [1.165, 1.54) is 0 Å². The summed E-state index contributed by atoms with van der Waals surface area (Å²) in [4.78, 5) is 48.7. The summed E-state index contributed by atoms with van der Waals surface area (Å²) in [7, 11) is 0. The van der Waals surface area contributed by atoms with Crippen molar-refractivity contribution in [1.29, 1.82) is 0 Å². The lowest BCUT2D eigenvalue weighted by atomic mass is 9.70. The third-order valence-electron chi connectivity index (χ3n) is 9.01. The predicted octanol–water partition coefficient (Wildman–Crippen LogP) is 4.36. The average Bonchev–Trinajstić information content (AvgIpc) is 3.55. The Hall–Kier alpha value is -2.58. The summed E-state index contributed by atoms with van der Waals surface area (Å²) in [6.45, 7) is 18.8. The maximum atomic E-state index is 14.9. The van der Waals surface area contributed by atoms with E-state index in [4.69, 9.17) is 0 Å². The molecule has 3 fully saturated rings. The zero-order valence-corrected chi connectivity index (χ0v) is 25.5. The largest absolute Gasteiger partial charge is 0.394 e. The standard InChI is InChI=1S/C32H45N3O4S/c1-8-16-33(17-9-2)29(37)25-24-14-15-32(40-24)26(25)30(38)35(23(19-36)20(4)5)28(32)31(39)34(18-10-3)27-21(6)12-11-13-22(27)7/h8,10-13,20,23-26,28,36H,1,3,9,14-19H2,2,4-7H3/t23-,24-,25+,26-,28?,32?/m0/s1. The van der Waals surface area contributed by atoms with E-state index in [1.807, 2.05) is 57.7 Å². The van der Waals surface area contributed by atoms with Gasteiger partial charge in [-0.25, -0.2) is 0 Å². The van der Waals surface area contributed by atoms with Gasteiger partial charge in [0.25, 0.3) is 5.91 Å². The lowest BCUT2D eigenvalue weighted by Crippen LogP contribution is -2.58. The lowest BCUT2D eigenvalue weighted by molar-refractivity contribution is -0.146. The fourth-order valence-electron chi connectivity index (χ4n) is 7.36. The highest BCUT2D eigenvalue weighted by molar-refractivity contribution is 8.02. The molecule has 6 atom stereocenters. The minimum Gasteiger partial charge on any atom is -0.394 e. The van der Waals surface area contributed by atoms with E-state index < -0.39 is 28.7 Å². The number of likely N-dealkylation sites (tertiary alicyclic amines) is 1. The number of hydrogen-bond acceptors (Lipinski definition) is 5. The molecule has 1 spiro atoms. The topological polar surface area (TPSA) is 81.2 Å². The third kappa shape index (κ3) is 4.81. The second kappa shape index (κ2) is 12.1. The minimum absolute atomic E-state index is 0.0113. The van der Waals surface area contributed by atoms with Crippen molar-refractivity contribution in [3.8, 4) is 0 Å². The molecule has 3 aliphatic rings. The number of amides is 3. The number of thioether (sulfide) groups is 1. The van der Waals surface area contributed by atoms with Crippen LogP contribution in [0.1, 0.15) is 51.2 Å². The number of aryl methyl sites for hydroxylation is 2. The molecule has 3 amide bonds. The molecule has 40 heavy (non-hydrogen) atoms. The molecule has 2 bridgehead atoms. The van der Waals surface area contributed by atoms with Crippen LogP contribution in [-0.4, -0.2) is 80.9 Å². The Bertz CT molecular complexity index is 1150. The van der Waals surface area contributed by atoms with Crippen molar-refractivity contribution in [1.82, 2.24) is 9.80 Å². The Morgan fingerprint density at radius 2 is 1.82 bits per heavy atom. The summed E-state index contributed by atoms with van der Waals surface area (Å²) in [6.07, 6.45) is 5.74.